The summed E-state index contributed by atoms with van der Waals surface area (Å²) >= 11 is 0. The quantitative estimate of drug-likeness (QED) is 0.794. The smallest absolute Gasteiger partial charge is 0.294 e. The minimum absolute atomic E-state index is 0.469. The number of rotatable bonds is 1. The highest BCUT2D eigenvalue weighted by Crippen LogP contribution is 2.53. The summed E-state index contributed by atoms with van der Waals surface area (Å²) in [4.78, 5) is 23.5. The molecular formula is C14H8F3N3O2. The van der Waals surface area contributed by atoms with Gasteiger partial charge in [-0.15, -0.1) is 0 Å². The zero-order valence-corrected chi connectivity index (χ0v) is 10.9. The highest BCUT2D eigenvalue weighted by atomic mass is 19.4. The summed E-state index contributed by atoms with van der Waals surface area (Å²) in [6.45, 7) is 0. The van der Waals surface area contributed by atoms with Crippen LogP contribution in [-0.2, 0) is 15.0 Å². The van der Waals surface area contributed by atoms with Crippen LogP contribution < -0.4 is 5.32 Å². The van der Waals surface area contributed by atoms with Gasteiger partial charge >= 0.3 is 6.18 Å². The molecule has 1 aromatic rings. The Morgan fingerprint density at radius 1 is 1.00 bits per heavy atom. The lowest BCUT2D eigenvalue weighted by molar-refractivity contribution is -0.218. The zero-order valence-electron chi connectivity index (χ0n) is 10.9. The first-order chi connectivity index (χ1) is 10.3. The summed E-state index contributed by atoms with van der Waals surface area (Å²) in [5, 5.41) is 19.8. The minimum Gasteiger partial charge on any atom is -0.294 e. The van der Waals surface area contributed by atoms with Gasteiger partial charge in [0, 0.05) is 0 Å². The first-order valence-electron chi connectivity index (χ1n) is 6.07. The lowest BCUT2D eigenvalue weighted by atomic mass is 9.60. The second-order valence-corrected chi connectivity index (χ2v) is 4.71. The highest BCUT2D eigenvalue weighted by molar-refractivity contribution is 6.04. The molecule has 0 aliphatic carbocycles. The van der Waals surface area contributed by atoms with E-state index in [0.717, 1.165) is 12.1 Å². The SMILES string of the molecule is N#CC1C(=O)NC(=O)C(C#N)C1(c1ccccc1)C(F)(F)F. The number of benzene rings is 1. The standard InChI is InChI=1S/C14H8F3N3O2/c15-14(16,17)13(8-4-2-1-3-5-8)9(6-18)11(21)20-12(22)10(13)7-19/h1-5,9-10H,(H,20,21,22). The Morgan fingerprint density at radius 3 is 1.82 bits per heavy atom. The molecule has 0 bridgehead atoms. The molecule has 1 aliphatic heterocycles. The molecule has 2 unspecified atom stereocenters. The molecule has 0 radical (unpaired) electrons. The molecule has 5 nitrogen and oxygen atoms in total. The van der Waals surface area contributed by atoms with E-state index in [1.54, 1.807) is 5.32 Å². The van der Waals surface area contributed by atoms with Crippen molar-refractivity contribution in [2.75, 3.05) is 0 Å². The summed E-state index contributed by atoms with van der Waals surface area (Å²) in [6, 6.07) is 8.70. The van der Waals surface area contributed by atoms with Crippen LogP contribution in [0, 0.1) is 34.5 Å². The molecule has 22 heavy (non-hydrogen) atoms. The van der Waals surface area contributed by atoms with Gasteiger partial charge in [-0.05, 0) is 5.56 Å². The van der Waals surface area contributed by atoms with E-state index in [9.17, 15) is 22.8 Å². The van der Waals surface area contributed by atoms with Crippen molar-refractivity contribution in [1.82, 2.24) is 5.32 Å². The summed E-state index contributed by atoms with van der Waals surface area (Å²) in [5.41, 5.74) is -3.67. The van der Waals surface area contributed by atoms with Crippen LogP contribution in [0.5, 0.6) is 0 Å². The molecule has 0 spiro atoms. The number of amides is 2. The number of nitrogens with one attached hydrogen (secondary N) is 1. The maximum atomic E-state index is 13.9. The van der Waals surface area contributed by atoms with Crippen LogP contribution in [0.25, 0.3) is 0 Å². The zero-order chi connectivity index (χ0) is 16.5. The van der Waals surface area contributed by atoms with Gasteiger partial charge in [-0.1, -0.05) is 30.3 Å². The Bertz CT molecular complexity index is 669. The van der Waals surface area contributed by atoms with Crippen LogP contribution >= 0.6 is 0 Å². The molecule has 2 amide bonds. The average Bonchev–Trinajstić information content (AvgIpc) is 2.46. The summed E-state index contributed by atoms with van der Waals surface area (Å²) in [7, 11) is 0. The van der Waals surface area contributed by atoms with Gasteiger partial charge in [0.25, 0.3) is 0 Å². The van der Waals surface area contributed by atoms with E-state index >= 15 is 0 Å². The number of carbonyl (C=O) groups excluding carboxylic acids is 2. The van der Waals surface area contributed by atoms with Crippen molar-refractivity contribution in [3.05, 3.63) is 35.9 Å². The lowest BCUT2D eigenvalue weighted by Crippen LogP contribution is -2.65. The maximum absolute atomic E-state index is 13.9. The van der Waals surface area contributed by atoms with E-state index in [0.29, 0.717) is 0 Å². The van der Waals surface area contributed by atoms with Crippen LogP contribution in [0.2, 0.25) is 0 Å². The van der Waals surface area contributed by atoms with Crippen LogP contribution in [0.15, 0.2) is 30.3 Å². The number of nitrogens with zero attached hydrogens (tertiary/aromatic N) is 2. The number of alkyl halides is 3. The van der Waals surface area contributed by atoms with E-state index in [-0.39, 0.29) is 0 Å². The molecule has 1 aromatic carbocycles. The largest absolute Gasteiger partial charge is 0.402 e. The summed E-state index contributed by atoms with van der Waals surface area (Å²) in [6.07, 6.45) is -5.15. The van der Waals surface area contributed by atoms with Crippen LogP contribution in [0.1, 0.15) is 5.56 Å². The van der Waals surface area contributed by atoms with Crippen molar-refractivity contribution in [3.8, 4) is 12.1 Å². The van der Waals surface area contributed by atoms with Crippen molar-refractivity contribution in [2.24, 2.45) is 11.8 Å². The summed E-state index contributed by atoms with van der Waals surface area (Å²) < 4.78 is 41.6. The first kappa shape index (κ1) is 15.5. The average molecular weight is 307 g/mol. The van der Waals surface area contributed by atoms with Gasteiger partial charge in [-0.3, -0.25) is 14.9 Å². The number of carbonyl (C=O) groups is 2. The molecule has 1 aliphatic rings. The van der Waals surface area contributed by atoms with Gasteiger partial charge < -0.3 is 0 Å². The Hall–Kier alpha value is -2.87. The molecule has 1 N–H and O–H groups in total. The van der Waals surface area contributed by atoms with Crippen molar-refractivity contribution in [3.63, 3.8) is 0 Å². The second kappa shape index (κ2) is 5.15. The van der Waals surface area contributed by atoms with Crippen LogP contribution in [0.3, 0.4) is 0 Å². The Kier molecular flexibility index (Phi) is 3.63. The molecule has 8 heteroatoms. The monoisotopic (exact) mass is 307 g/mol. The minimum atomic E-state index is -5.15. The van der Waals surface area contributed by atoms with E-state index in [4.69, 9.17) is 10.5 Å². The fourth-order valence-electron chi connectivity index (χ4n) is 2.71. The van der Waals surface area contributed by atoms with E-state index in [1.807, 2.05) is 0 Å². The summed E-state index contributed by atoms with van der Waals surface area (Å²) in [5.74, 6) is -7.20. The van der Waals surface area contributed by atoms with Gasteiger partial charge in [0.1, 0.15) is 17.3 Å². The van der Waals surface area contributed by atoms with Gasteiger partial charge in [-0.2, -0.15) is 23.7 Å². The van der Waals surface area contributed by atoms with E-state index in [1.165, 1.54) is 30.3 Å². The molecular weight excluding hydrogens is 299 g/mol. The molecule has 1 saturated heterocycles. The van der Waals surface area contributed by atoms with Gasteiger partial charge in [-0.25, -0.2) is 0 Å². The third kappa shape index (κ3) is 1.92. The Morgan fingerprint density at radius 2 is 1.45 bits per heavy atom. The predicted octanol–water partition coefficient (Wildman–Crippen LogP) is 1.42. The van der Waals surface area contributed by atoms with Crippen molar-refractivity contribution in [2.45, 2.75) is 11.6 Å². The second-order valence-electron chi connectivity index (χ2n) is 4.71. The molecule has 2 rings (SSSR count). The van der Waals surface area contributed by atoms with Crippen molar-refractivity contribution in [1.29, 1.82) is 10.5 Å². The number of hydrogen-bond acceptors (Lipinski definition) is 4. The molecule has 0 saturated carbocycles. The van der Waals surface area contributed by atoms with Crippen molar-refractivity contribution >= 4 is 11.8 Å². The highest BCUT2D eigenvalue weighted by Gasteiger charge is 2.71. The van der Waals surface area contributed by atoms with Gasteiger partial charge in [0.2, 0.25) is 11.8 Å². The molecule has 1 heterocycles. The van der Waals surface area contributed by atoms with Crippen LogP contribution in [-0.4, -0.2) is 18.0 Å². The van der Waals surface area contributed by atoms with E-state index < -0.39 is 40.8 Å². The van der Waals surface area contributed by atoms with Gasteiger partial charge in [0.15, 0.2) is 0 Å². The number of halogens is 3. The van der Waals surface area contributed by atoms with Crippen molar-refractivity contribution < 1.29 is 22.8 Å². The molecule has 1 fully saturated rings. The number of imide groups is 1. The predicted molar refractivity (Wildman–Crippen MR) is 65.5 cm³/mol. The van der Waals surface area contributed by atoms with Crippen LogP contribution in [0.4, 0.5) is 13.2 Å². The third-order valence-corrected chi connectivity index (χ3v) is 3.66. The normalized spacial score (nSPS) is 28.4. The van der Waals surface area contributed by atoms with E-state index in [2.05, 4.69) is 0 Å². The lowest BCUT2D eigenvalue weighted by Gasteiger charge is -2.43. The molecule has 0 aromatic heterocycles. The third-order valence-electron chi connectivity index (χ3n) is 3.66. The number of hydrogen-bond donors (Lipinski definition) is 1. The topological polar surface area (TPSA) is 93.8 Å². The Balaban J connectivity index is 2.88. The molecule has 2 atom stereocenters. The fraction of sp³-hybridized carbons (Fsp3) is 0.286. The maximum Gasteiger partial charge on any atom is 0.402 e. The fourth-order valence-corrected chi connectivity index (χ4v) is 2.71. The number of nitriles is 2. The molecule has 112 valence electrons. The van der Waals surface area contributed by atoms with Gasteiger partial charge in [0.05, 0.1) is 12.1 Å². The first-order valence-corrected chi connectivity index (χ1v) is 6.07. The number of piperidine rings is 1. The Labute approximate surface area is 122 Å².